The van der Waals surface area contributed by atoms with Crippen LogP contribution in [0.5, 0.6) is 0 Å². The van der Waals surface area contributed by atoms with E-state index in [1.165, 1.54) is 61.5 Å². The maximum atomic E-state index is 12.6. The second-order valence-corrected chi connectivity index (χ2v) is 11.6. The van der Waals surface area contributed by atoms with Crippen LogP contribution in [0.4, 0.5) is 17.1 Å². The molecular weight excluding hydrogens is 514 g/mol. The van der Waals surface area contributed by atoms with Crippen molar-refractivity contribution in [1.29, 1.82) is 0 Å². The second-order valence-electron chi connectivity index (χ2n) is 7.56. The molecule has 0 fully saturated rings. The van der Waals surface area contributed by atoms with Crippen LogP contribution in [0.3, 0.4) is 0 Å². The number of benzene rings is 3. The lowest BCUT2D eigenvalue weighted by atomic mass is 10.1. The van der Waals surface area contributed by atoms with Crippen LogP contribution in [-0.2, 0) is 24.8 Å². The fourth-order valence-corrected chi connectivity index (χ4v) is 5.09. The lowest BCUT2D eigenvalue weighted by Crippen LogP contribution is -2.37. The standard InChI is InChI=1S/C23H22ClN3O6S2/c1-16(28)17-4-3-5-21(14-17)27(34(2,30)31)15-23(29)25-19-10-12-22(13-11-19)35(32,33)26-20-8-6-18(24)7-9-20/h3-14,26H,15H2,1-2H3,(H,25,29). The molecule has 2 N–H and O–H groups in total. The smallest absolute Gasteiger partial charge is 0.261 e. The number of Topliss-reactive ketones (excluding diaryl/α,β-unsaturated/α-hetero) is 1. The minimum atomic E-state index is -3.88. The lowest BCUT2D eigenvalue weighted by molar-refractivity contribution is -0.114. The van der Waals surface area contributed by atoms with Crippen molar-refractivity contribution in [3.63, 3.8) is 0 Å². The second kappa shape index (κ2) is 10.5. The molecule has 9 nitrogen and oxygen atoms in total. The number of rotatable bonds is 9. The SMILES string of the molecule is CC(=O)c1cccc(N(CC(=O)Nc2ccc(S(=O)(=O)Nc3ccc(Cl)cc3)cc2)S(C)(=O)=O)c1. The molecule has 0 unspecified atom stereocenters. The summed E-state index contributed by atoms with van der Waals surface area (Å²) in [5, 5.41) is 3.01. The number of carbonyl (C=O) groups is 2. The highest BCUT2D eigenvalue weighted by atomic mass is 35.5. The van der Waals surface area contributed by atoms with Gasteiger partial charge in [-0.1, -0.05) is 23.7 Å². The van der Waals surface area contributed by atoms with Gasteiger partial charge >= 0.3 is 0 Å². The Balaban J connectivity index is 1.72. The van der Waals surface area contributed by atoms with Crippen LogP contribution < -0.4 is 14.3 Å². The van der Waals surface area contributed by atoms with E-state index in [2.05, 4.69) is 10.0 Å². The lowest BCUT2D eigenvalue weighted by Gasteiger charge is -2.22. The summed E-state index contributed by atoms with van der Waals surface area (Å²) in [6.07, 6.45) is 0.952. The summed E-state index contributed by atoms with van der Waals surface area (Å²) < 4.78 is 53.1. The fourth-order valence-electron chi connectivity index (χ4n) is 3.06. The summed E-state index contributed by atoms with van der Waals surface area (Å²) >= 11 is 5.81. The minimum Gasteiger partial charge on any atom is -0.325 e. The van der Waals surface area contributed by atoms with E-state index in [1.54, 1.807) is 18.2 Å². The van der Waals surface area contributed by atoms with Crippen LogP contribution >= 0.6 is 11.6 Å². The van der Waals surface area contributed by atoms with E-state index in [4.69, 9.17) is 11.6 Å². The maximum Gasteiger partial charge on any atom is 0.261 e. The molecule has 0 aromatic heterocycles. The first kappa shape index (κ1) is 26.2. The molecule has 0 bridgehead atoms. The molecule has 3 aromatic rings. The Kier molecular flexibility index (Phi) is 7.83. The van der Waals surface area contributed by atoms with Crippen molar-refractivity contribution in [1.82, 2.24) is 0 Å². The molecule has 3 aromatic carbocycles. The van der Waals surface area contributed by atoms with Gasteiger partial charge in [-0.15, -0.1) is 0 Å². The van der Waals surface area contributed by atoms with Crippen LogP contribution in [-0.4, -0.2) is 41.3 Å². The number of ketones is 1. The van der Waals surface area contributed by atoms with E-state index in [0.29, 0.717) is 16.3 Å². The molecule has 0 saturated carbocycles. The molecule has 1 amide bonds. The van der Waals surface area contributed by atoms with Gasteiger partial charge in [-0.25, -0.2) is 16.8 Å². The van der Waals surface area contributed by atoms with Crippen LogP contribution in [0.25, 0.3) is 0 Å². The third-order valence-electron chi connectivity index (χ3n) is 4.77. The van der Waals surface area contributed by atoms with E-state index >= 15 is 0 Å². The summed E-state index contributed by atoms with van der Waals surface area (Å²) in [6, 6.07) is 17.5. The van der Waals surface area contributed by atoms with Gasteiger partial charge in [-0.05, 0) is 67.6 Å². The molecule has 0 radical (unpaired) electrons. The van der Waals surface area contributed by atoms with Crippen molar-refractivity contribution in [2.45, 2.75) is 11.8 Å². The summed E-state index contributed by atoms with van der Waals surface area (Å²) in [4.78, 5) is 24.2. The van der Waals surface area contributed by atoms with E-state index in [9.17, 15) is 26.4 Å². The quantitative estimate of drug-likeness (QED) is 0.401. The molecule has 3 rings (SSSR count). The Bertz CT molecular complexity index is 1460. The zero-order valence-corrected chi connectivity index (χ0v) is 21.1. The average Bonchev–Trinajstić information content (AvgIpc) is 2.78. The predicted molar refractivity (Wildman–Crippen MR) is 136 cm³/mol. The summed E-state index contributed by atoms with van der Waals surface area (Å²) in [6.45, 7) is 0.809. The minimum absolute atomic E-state index is 0.0377. The Morgan fingerprint density at radius 1 is 0.886 bits per heavy atom. The highest BCUT2D eigenvalue weighted by Crippen LogP contribution is 2.22. The number of carbonyl (C=O) groups excluding carboxylic acids is 2. The molecule has 0 spiro atoms. The molecule has 35 heavy (non-hydrogen) atoms. The Morgan fingerprint density at radius 3 is 2.06 bits per heavy atom. The molecule has 184 valence electrons. The fraction of sp³-hybridized carbons (Fsp3) is 0.130. The molecule has 0 aliphatic heterocycles. The first-order valence-electron chi connectivity index (χ1n) is 10.1. The number of nitrogens with one attached hydrogen (secondary N) is 2. The molecule has 12 heteroatoms. The van der Waals surface area contributed by atoms with Crippen molar-refractivity contribution in [3.8, 4) is 0 Å². The molecule has 0 heterocycles. The average molecular weight is 536 g/mol. The molecule has 0 aliphatic carbocycles. The number of hydrogen-bond donors (Lipinski definition) is 2. The van der Waals surface area contributed by atoms with Gasteiger partial charge in [0.05, 0.1) is 16.8 Å². The molecule has 0 atom stereocenters. The van der Waals surface area contributed by atoms with Crippen molar-refractivity contribution in [3.05, 3.63) is 83.4 Å². The first-order chi connectivity index (χ1) is 16.3. The van der Waals surface area contributed by atoms with Gasteiger partial charge in [0, 0.05) is 22.0 Å². The number of amides is 1. The Labute approximate surface area is 208 Å². The van der Waals surface area contributed by atoms with Gasteiger partial charge in [0.1, 0.15) is 6.54 Å². The summed E-state index contributed by atoms with van der Waals surface area (Å²) in [5.41, 5.74) is 1.08. The van der Waals surface area contributed by atoms with Crippen LogP contribution in [0.2, 0.25) is 5.02 Å². The van der Waals surface area contributed by atoms with Gasteiger partial charge in [-0.2, -0.15) is 0 Å². The Hall–Kier alpha value is -3.41. The van der Waals surface area contributed by atoms with E-state index in [0.717, 1.165) is 10.6 Å². The van der Waals surface area contributed by atoms with Crippen LogP contribution in [0, 0.1) is 0 Å². The third-order valence-corrected chi connectivity index (χ3v) is 7.56. The van der Waals surface area contributed by atoms with Crippen molar-refractivity contribution in [2.24, 2.45) is 0 Å². The van der Waals surface area contributed by atoms with E-state index in [-0.39, 0.29) is 22.1 Å². The molecule has 0 aliphatic rings. The largest absolute Gasteiger partial charge is 0.325 e. The van der Waals surface area contributed by atoms with Gasteiger partial charge < -0.3 is 5.32 Å². The third kappa shape index (κ3) is 7.04. The van der Waals surface area contributed by atoms with E-state index in [1.807, 2.05) is 0 Å². The highest BCUT2D eigenvalue weighted by Gasteiger charge is 2.22. The number of anilines is 3. The van der Waals surface area contributed by atoms with E-state index < -0.39 is 32.5 Å². The van der Waals surface area contributed by atoms with Gasteiger partial charge in [-0.3, -0.25) is 18.6 Å². The van der Waals surface area contributed by atoms with Crippen molar-refractivity contribution < 1.29 is 26.4 Å². The Morgan fingerprint density at radius 2 is 1.49 bits per heavy atom. The monoisotopic (exact) mass is 535 g/mol. The highest BCUT2D eigenvalue weighted by molar-refractivity contribution is 7.92. The van der Waals surface area contributed by atoms with Crippen LogP contribution in [0.15, 0.2) is 77.7 Å². The number of halogens is 1. The van der Waals surface area contributed by atoms with Gasteiger partial charge in [0.15, 0.2) is 5.78 Å². The van der Waals surface area contributed by atoms with Crippen molar-refractivity contribution in [2.75, 3.05) is 27.1 Å². The number of sulfonamides is 2. The predicted octanol–water partition coefficient (Wildman–Crippen LogP) is 3.75. The summed E-state index contributed by atoms with van der Waals surface area (Å²) in [5.74, 6) is -0.899. The van der Waals surface area contributed by atoms with Gasteiger partial charge in [0.2, 0.25) is 15.9 Å². The normalized spacial score (nSPS) is 11.5. The van der Waals surface area contributed by atoms with Crippen LogP contribution in [0.1, 0.15) is 17.3 Å². The molecule has 0 saturated heterocycles. The zero-order chi connectivity index (χ0) is 25.8. The maximum absolute atomic E-state index is 12.6. The van der Waals surface area contributed by atoms with Gasteiger partial charge in [0.25, 0.3) is 10.0 Å². The zero-order valence-electron chi connectivity index (χ0n) is 18.7. The first-order valence-corrected chi connectivity index (χ1v) is 13.8. The number of hydrogen-bond acceptors (Lipinski definition) is 6. The number of nitrogens with zero attached hydrogens (tertiary/aromatic N) is 1. The summed E-state index contributed by atoms with van der Waals surface area (Å²) in [7, 11) is -7.72. The van der Waals surface area contributed by atoms with Crippen molar-refractivity contribution >= 4 is 60.4 Å². The molecular formula is C23H22ClN3O6S2. The topological polar surface area (TPSA) is 130 Å².